The zero-order chi connectivity index (χ0) is 18.9. The Kier molecular flexibility index (Phi) is 4.06. The number of ketones is 2. The number of hydrogen-bond donors (Lipinski definition) is 2. The number of allylic oxidation sites excluding steroid dienone is 1. The van der Waals surface area contributed by atoms with E-state index in [4.69, 9.17) is 0 Å². The largest absolute Gasteiger partial charge is 0.388 e. The van der Waals surface area contributed by atoms with E-state index >= 15 is 0 Å². The van der Waals surface area contributed by atoms with E-state index in [9.17, 15) is 19.8 Å². The first kappa shape index (κ1) is 18.4. The van der Waals surface area contributed by atoms with Crippen molar-refractivity contribution in [2.24, 2.45) is 34.5 Å². The molecule has 0 spiro atoms. The average Bonchev–Trinajstić information content (AvgIpc) is 2.88. The number of hydrogen-bond acceptors (Lipinski definition) is 4. The highest BCUT2D eigenvalue weighted by Gasteiger charge is 2.66. The van der Waals surface area contributed by atoms with Gasteiger partial charge in [-0.05, 0) is 73.7 Å². The number of Topliss-reactive ketones (excluding diaryl/α,β-unsaturated/α-hetero) is 1. The molecule has 0 aliphatic heterocycles. The first-order chi connectivity index (χ1) is 12.2. The predicted octanol–water partition coefficient (Wildman–Crippen LogP) is 3.06. The van der Waals surface area contributed by atoms with Gasteiger partial charge in [-0.25, -0.2) is 0 Å². The number of carbonyl (C=O) groups excluding carboxylic acids is 2. The molecule has 0 heterocycles. The molecule has 0 aromatic carbocycles. The minimum absolute atomic E-state index is 0.0826. The third-order valence-corrected chi connectivity index (χ3v) is 9.04. The summed E-state index contributed by atoms with van der Waals surface area (Å²) in [5.74, 6) is 1.59. The fraction of sp³-hybridized carbons (Fsp3) is 0.818. The highest BCUT2D eigenvalue weighted by atomic mass is 16.3. The summed E-state index contributed by atoms with van der Waals surface area (Å²) in [6, 6.07) is 0. The monoisotopic (exact) mass is 360 g/mol. The van der Waals surface area contributed by atoms with Crippen molar-refractivity contribution in [2.75, 3.05) is 6.61 Å². The van der Waals surface area contributed by atoms with Gasteiger partial charge in [0.15, 0.2) is 11.6 Å². The van der Waals surface area contributed by atoms with E-state index in [1.807, 2.05) is 6.08 Å². The summed E-state index contributed by atoms with van der Waals surface area (Å²) >= 11 is 0. The van der Waals surface area contributed by atoms with Crippen LogP contribution >= 0.6 is 0 Å². The SMILES string of the molecule is C[C@H]1C[C@@H]2[C@H](CC[C@@]3(C)[C@H]2CC[C@]3(O)C(=O)CO)[C@@]2(C)CCC(=O)C=C12. The Labute approximate surface area is 156 Å². The molecular weight excluding hydrogens is 328 g/mol. The highest BCUT2D eigenvalue weighted by Crippen LogP contribution is 2.68. The van der Waals surface area contributed by atoms with E-state index < -0.39 is 23.4 Å². The summed E-state index contributed by atoms with van der Waals surface area (Å²) in [6.45, 7) is 6.10. The molecule has 0 radical (unpaired) electrons. The van der Waals surface area contributed by atoms with Crippen molar-refractivity contribution in [3.8, 4) is 0 Å². The molecule has 0 saturated heterocycles. The smallest absolute Gasteiger partial charge is 0.190 e. The minimum Gasteiger partial charge on any atom is -0.388 e. The summed E-state index contributed by atoms with van der Waals surface area (Å²) in [6.07, 6.45) is 7.71. The first-order valence-corrected chi connectivity index (χ1v) is 10.3. The molecular formula is C22H32O4. The molecule has 144 valence electrons. The van der Waals surface area contributed by atoms with Crippen molar-refractivity contribution in [3.05, 3.63) is 11.6 Å². The maximum absolute atomic E-state index is 12.4. The zero-order valence-corrected chi connectivity index (χ0v) is 16.3. The summed E-state index contributed by atoms with van der Waals surface area (Å²) in [7, 11) is 0. The van der Waals surface area contributed by atoms with E-state index in [2.05, 4.69) is 20.8 Å². The standard InChI is InChI=1S/C22H32O4/c1-13-10-15-16(20(2)7-4-14(24)11-18(13)20)5-8-21(3)17(15)6-9-22(21,26)19(25)12-23/h11,13,15-17,23,26H,4-10,12H2,1-3H3/t13-,15+,16-,17-,20+,21-,22-/m0/s1. The number of aliphatic hydroxyl groups excluding tert-OH is 1. The predicted molar refractivity (Wildman–Crippen MR) is 98.3 cm³/mol. The van der Waals surface area contributed by atoms with Crippen LogP contribution in [0.1, 0.15) is 65.7 Å². The van der Waals surface area contributed by atoms with Crippen molar-refractivity contribution < 1.29 is 19.8 Å². The van der Waals surface area contributed by atoms with Gasteiger partial charge < -0.3 is 10.2 Å². The van der Waals surface area contributed by atoms with Crippen LogP contribution in [0, 0.1) is 34.5 Å². The van der Waals surface area contributed by atoms with Gasteiger partial charge in [-0.2, -0.15) is 0 Å². The Bertz CT molecular complexity index is 682. The molecule has 4 aliphatic carbocycles. The van der Waals surface area contributed by atoms with Crippen LogP contribution in [0.3, 0.4) is 0 Å². The van der Waals surface area contributed by atoms with E-state index in [0.717, 1.165) is 32.1 Å². The Hall–Kier alpha value is -1.00. The lowest BCUT2D eigenvalue weighted by atomic mass is 9.44. The molecule has 7 atom stereocenters. The van der Waals surface area contributed by atoms with Gasteiger partial charge in [0.2, 0.25) is 0 Å². The van der Waals surface area contributed by atoms with Crippen LogP contribution in [0.25, 0.3) is 0 Å². The fourth-order valence-electron chi connectivity index (χ4n) is 7.59. The molecule has 0 aromatic rings. The van der Waals surface area contributed by atoms with Gasteiger partial charge in [-0.1, -0.05) is 26.3 Å². The third-order valence-electron chi connectivity index (χ3n) is 9.04. The third kappa shape index (κ3) is 2.15. The van der Waals surface area contributed by atoms with Crippen molar-refractivity contribution in [1.29, 1.82) is 0 Å². The maximum Gasteiger partial charge on any atom is 0.190 e. The molecule has 0 aromatic heterocycles. The van der Waals surface area contributed by atoms with E-state index in [1.165, 1.54) is 5.57 Å². The van der Waals surface area contributed by atoms with Gasteiger partial charge in [0.25, 0.3) is 0 Å². The van der Waals surface area contributed by atoms with Gasteiger partial charge in [-0.15, -0.1) is 0 Å². The molecule has 2 N–H and O–H groups in total. The zero-order valence-electron chi connectivity index (χ0n) is 16.3. The highest BCUT2D eigenvalue weighted by molar-refractivity contribution is 5.92. The van der Waals surface area contributed by atoms with Crippen LogP contribution in [-0.2, 0) is 9.59 Å². The molecule has 4 nitrogen and oxygen atoms in total. The van der Waals surface area contributed by atoms with Gasteiger partial charge >= 0.3 is 0 Å². The lowest BCUT2D eigenvalue weighted by molar-refractivity contribution is -0.165. The first-order valence-electron chi connectivity index (χ1n) is 10.3. The van der Waals surface area contributed by atoms with Crippen LogP contribution in [0.5, 0.6) is 0 Å². The van der Waals surface area contributed by atoms with Crippen molar-refractivity contribution in [1.82, 2.24) is 0 Å². The fourth-order valence-corrected chi connectivity index (χ4v) is 7.59. The Morgan fingerprint density at radius 1 is 1.19 bits per heavy atom. The van der Waals surface area contributed by atoms with Gasteiger partial charge in [0.05, 0.1) is 0 Å². The lowest BCUT2D eigenvalue weighted by Crippen LogP contribution is -2.58. The lowest BCUT2D eigenvalue weighted by Gasteiger charge is -2.60. The van der Waals surface area contributed by atoms with Crippen LogP contribution in [-0.4, -0.2) is 34.0 Å². The normalized spacial score (nSPS) is 50.5. The average molecular weight is 360 g/mol. The van der Waals surface area contributed by atoms with Gasteiger partial charge in [0, 0.05) is 11.8 Å². The molecule has 4 aliphatic rings. The van der Waals surface area contributed by atoms with E-state index in [-0.39, 0.29) is 11.2 Å². The summed E-state index contributed by atoms with van der Waals surface area (Å²) in [4.78, 5) is 24.4. The molecule has 26 heavy (non-hydrogen) atoms. The topological polar surface area (TPSA) is 74.6 Å². The van der Waals surface area contributed by atoms with Gasteiger partial charge in [0.1, 0.15) is 12.2 Å². The second-order valence-corrected chi connectivity index (χ2v) is 9.93. The van der Waals surface area contributed by atoms with Crippen LogP contribution in [0.15, 0.2) is 11.6 Å². The van der Waals surface area contributed by atoms with Crippen LogP contribution < -0.4 is 0 Å². The molecule has 0 bridgehead atoms. The second kappa shape index (κ2) is 5.75. The summed E-state index contributed by atoms with van der Waals surface area (Å²) in [5.41, 5.74) is -0.381. The molecule has 0 unspecified atom stereocenters. The van der Waals surface area contributed by atoms with Crippen LogP contribution in [0.2, 0.25) is 0 Å². The summed E-state index contributed by atoms with van der Waals surface area (Å²) < 4.78 is 0. The Morgan fingerprint density at radius 3 is 2.58 bits per heavy atom. The van der Waals surface area contributed by atoms with Gasteiger partial charge in [-0.3, -0.25) is 9.59 Å². The molecule has 4 rings (SSSR count). The number of carbonyl (C=O) groups is 2. The molecule has 3 fully saturated rings. The number of fused-ring (bicyclic) bond motifs is 5. The quantitative estimate of drug-likeness (QED) is 0.794. The second-order valence-electron chi connectivity index (χ2n) is 9.93. The van der Waals surface area contributed by atoms with Crippen molar-refractivity contribution in [2.45, 2.75) is 71.3 Å². The molecule has 0 amide bonds. The van der Waals surface area contributed by atoms with Crippen LogP contribution in [0.4, 0.5) is 0 Å². The molecule has 4 heteroatoms. The van der Waals surface area contributed by atoms with Crippen molar-refractivity contribution >= 4 is 11.6 Å². The maximum atomic E-state index is 12.4. The number of rotatable bonds is 2. The summed E-state index contributed by atoms with van der Waals surface area (Å²) in [5, 5.41) is 20.6. The Balaban J connectivity index is 1.72. The number of aliphatic hydroxyl groups is 2. The van der Waals surface area contributed by atoms with E-state index in [0.29, 0.717) is 36.5 Å². The Morgan fingerprint density at radius 2 is 1.88 bits per heavy atom. The minimum atomic E-state index is -1.37. The van der Waals surface area contributed by atoms with Crippen molar-refractivity contribution in [3.63, 3.8) is 0 Å². The molecule has 3 saturated carbocycles. The van der Waals surface area contributed by atoms with E-state index in [1.54, 1.807) is 0 Å².